The van der Waals surface area contributed by atoms with Crippen molar-refractivity contribution >= 4 is 23.9 Å². The molecule has 2 heterocycles. The van der Waals surface area contributed by atoms with Crippen LogP contribution in [-0.2, 0) is 16.1 Å². The van der Waals surface area contributed by atoms with E-state index in [0.717, 1.165) is 10.1 Å². The summed E-state index contributed by atoms with van der Waals surface area (Å²) in [5, 5.41) is 16.0. The van der Waals surface area contributed by atoms with Crippen molar-refractivity contribution in [2.75, 3.05) is 44.8 Å². The first-order chi connectivity index (χ1) is 14.4. The smallest absolute Gasteiger partial charge is 0.409 e. The first kappa shape index (κ1) is 21.9. The standard InChI is InChI=1S/C20H26FN5O4/c1-15-6-7-17(13-26(15)29)22-25(14-27)18-5-3-4-16(19(18)21)12-23-8-10-24(11-9-23)20(28)30-2/h3-7,14-15,29H,8-13H2,1-2H3. The Labute approximate surface area is 174 Å². The maximum Gasteiger partial charge on any atom is 0.409 e. The summed E-state index contributed by atoms with van der Waals surface area (Å²) in [6.07, 6.45) is 3.52. The number of anilines is 1. The minimum absolute atomic E-state index is 0.0414. The summed E-state index contributed by atoms with van der Waals surface area (Å²) in [5.74, 6) is -0.529. The highest BCUT2D eigenvalue weighted by molar-refractivity contribution is 5.99. The van der Waals surface area contributed by atoms with Crippen LogP contribution in [0.5, 0.6) is 0 Å². The molecule has 1 aromatic rings. The van der Waals surface area contributed by atoms with Gasteiger partial charge < -0.3 is 14.8 Å². The third-order valence-corrected chi connectivity index (χ3v) is 5.20. The molecule has 1 aromatic carbocycles. The predicted molar refractivity (Wildman–Crippen MR) is 109 cm³/mol. The van der Waals surface area contributed by atoms with E-state index in [1.807, 2.05) is 11.8 Å². The Morgan fingerprint density at radius 3 is 2.73 bits per heavy atom. The van der Waals surface area contributed by atoms with E-state index in [1.54, 1.807) is 29.2 Å². The molecule has 2 aliphatic heterocycles. The fourth-order valence-electron chi connectivity index (χ4n) is 3.37. The maximum atomic E-state index is 15.2. The minimum Gasteiger partial charge on any atom is -0.453 e. The Bertz CT molecular complexity index is 838. The van der Waals surface area contributed by atoms with Crippen molar-refractivity contribution in [2.45, 2.75) is 19.5 Å². The van der Waals surface area contributed by atoms with Gasteiger partial charge in [-0.25, -0.2) is 14.2 Å². The zero-order valence-corrected chi connectivity index (χ0v) is 17.1. The zero-order valence-electron chi connectivity index (χ0n) is 17.1. The number of hydroxylamine groups is 2. The second-order valence-corrected chi connectivity index (χ2v) is 7.22. The third-order valence-electron chi connectivity index (χ3n) is 5.20. The molecular weight excluding hydrogens is 393 g/mol. The first-order valence-electron chi connectivity index (χ1n) is 9.71. The molecule has 30 heavy (non-hydrogen) atoms. The molecule has 0 aliphatic carbocycles. The average Bonchev–Trinajstić information content (AvgIpc) is 2.76. The van der Waals surface area contributed by atoms with E-state index < -0.39 is 5.82 Å². The topological polar surface area (TPSA) is 88.9 Å². The second-order valence-electron chi connectivity index (χ2n) is 7.22. The Morgan fingerprint density at radius 2 is 2.10 bits per heavy atom. The van der Waals surface area contributed by atoms with Gasteiger partial charge in [0.2, 0.25) is 6.41 Å². The highest BCUT2D eigenvalue weighted by Gasteiger charge is 2.23. The zero-order chi connectivity index (χ0) is 21.7. The molecule has 0 spiro atoms. The lowest BCUT2D eigenvalue weighted by Crippen LogP contribution is -2.48. The van der Waals surface area contributed by atoms with E-state index in [-0.39, 0.29) is 24.4 Å². The molecule has 1 N–H and O–H groups in total. The number of ether oxygens (including phenoxy) is 1. The summed E-state index contributed by atoms with van der Waals surface area (Å²) in [5.41, 5.74) is 0.911. The fraction of sp³-hybridized carbons (Fsp3) is 0.450. The highest BCUT2D eigenvalue weighted by atomic mass is 19.1. The van der Waals surface area contributed by atoms with Crippen LogP contribution in [0.2, 0.25) is 0 Å². The van der Waals surface area contributed by atoms with Crippen molar-refractivity contribution in [1.82, 2.24) is 14.9 Å². The summed E-state index contributed by atoms with van der Waals surface area (Å²) < 4.78 is 19.9. The number of hydrogen-bond acceptors (Lipinski definition) is 7. The van der Waals surface area contributed by atoms with Crippen molar-refractivity contribution in [1.29, 1.82) is 0 Å². The second kappa shape index (κ2) is 9.79. The van der Waals surface area contributed by atoms with E-state index in [1.165, 1.54) is 13.2 Å². The predicted octanol–water partition coefficient (Wildman–Crippen LogP) is 1.68. The van der Waals surface area contributed by atoms with Crippen LogP contribution in [0.15, 0.2) is 35.5 Å². The summed E-state index contributed by atoms with van der Waals surface area (Å²) in [6, 6.07) is 4.66. The Kier molecular flexibility index (Phi) is 7.14. The third kappa shape index (κ3) is 5.02. The molecule has 9 nitrogen and oxygen atoms in total. The van der Waals surface area contributed by atoms with Crippen LogP contribution in [0.25, 0.3) is 0 Å². The van der Waals surface area contributed by atoms with E-state index in [2.05, 4.69) is 5.10 Å². The van der Waals surface area contributed by atoms with Crippen molar-refractivity contribution in [3.63, 3.8) is 0 Å². The van der Waals surface area contributed by atoms with Gasteiger partial charge in [-0.05, 0) is 19.1 Å². The number of hydrazone groups is 1. The van der Waals surface area contributed by atoms with Gasteiger partial charge in [-0.15, -0.1) is 0 Å². The lowest BCUT2D eigenvalue weighted by Gasteiger charge is -2.34. The molecule has 1 unspecified atom stereocenters. The number of methoxy groups -OCH3 is 1. The summed E-state index contributed by atoms with van der Waals surface area (Å²) in [6.45, 7) is 4.49. The molecule has 0 aromatic heterocycles. The van der Waals surface area contributed by atoms with Crippen LogP contribution in [0.3, 0.4) is 0 Å². The number of benzene rings is 1. The Morgan fingerprint density at radius 1 is 1.37 bits per heavy atom. The summed E-state index contributed by atoms with van der Waals surface area (Å²) in [4.78, 5) is 26.8. The van der Waals surface area contributed by atoms with Gasteiger partial charge in [0.05, 0.1) is 25.4 Å². The Hall–Kier alpha value is -2.82. The Balaban J connectivity index is 1.72. The molecule has 0 bridgehead atoms. The van der Waals surface area contributed by atoms with Crippen LogP contribution in [0.1, 0.15) is 12.5 Å². The van der Waals surface area contributed by atoms with Crippen molar-refractivity contribution < 1.29 is 23.9 Å². The summed E-state index contributed by atoms with van der Waals surface area (Å²) >= 11 is 0. The van der Waals surface area contributed by atoms with E-state index in [0.29, 0.717) is 50.4 Å². The number of carbonyl (C=O) groups is 2. The molecule has 1 fully saturated rings. The van der Waals surface area contributed by atoms with E-state index >= 15 is 4.39 Å². The molecule has 2 amide bonds. The molecule has 1 atom stereocenters. The summed E-state index contributed by atoms with van der Waals surface area (Å²) in [7, 11) is 1.35. The van der Waals surface area contributed by atoms with Crippen LogP contribution in [0, 0.1) is 5.82 Å². The van der Waals surface area contributed by atoms with Crippen molar-refractivity contribution in [2.24, 2.45) is 5.10 Å². The van der Waals surface area contributed by atoms with Crippen LogP contribution in [-0.4, -0.2) is 84.2 Å². The van der Waals surface area contributed by atoms with E-state index in [4.69, 9.17) is 4.74 Å². The van der Waals surface area contributed by atoms with Crippen LogP contribution < -0.4 is 5.01 Å². The molecular formula is C20H26FN5O4. The number of piperazine rings is 1. The quantitative estimate of drug-likeness (QED) is 0.577. The van der Waals surface area contributed by atoms with Gasteiger partial charge in [0, 0.05) is 38.3 Å². The number of hydrogen-bond donors (Lipinski definition) is 1. The van der Waals surface area contributed by atoms with E-state index in [9.17, 15) is 14.8 Å². The van der Waals surface area contributed by atoms with Gasteiger partial charge in [0.1, 0.15) is 5.69 Å². The van der Waals surface area contributed by atoms with Crippen molar-refractivity contribution in [3.8, 4) is 0 Å². The number of rotatable bonds is 5. The molecule has 10 heteroatoms. The molecule has 3 rings (SSSR count). The molecule has 0 radical (unpaired) electrons. The molecule has 1 saturated heterocycles. The number of nitrogens with zero attached hydrogens (tertiary/aromatic N) is 5. The monoisotopic (exact) mass is 419 g/mol. The van der Waals surface area contributed by atoms with Crippen LogP contribution in [0.4, 0.5) is 14.9 Å². The van der Waals surface area contributed by atoms with Crippen LogP contribution >= 0.6 is 0 Å². The first-order valence-corrected chi connectivity index (χ1v) is 9.71. The molecule has 0 saturated carbocycles. The largest absolute Gasteiger partial charge is 0.453 e. The molecule has 162 valence electrons. The normalized spacial score (nSPS) is 21.7. The lowest BCUT2D eigenvalue weighted by atomic mass is 10.1. The number of halogens is 1. The number of amides is 2. The van der Waals surface area contributed by atoms with Gasteiger partial charge >= 0.3 is 6.09 Å². The SMILES string of the molecule is COC(=O)N1CCN(Cc2cccc(N(C=O)N=C3C=CC(C)N(O)C3)c2F)CC1. The highest BCUT2D eigenvalue weighted by Crippen LogP contribution is 2.24. The average molecular weight is 419 g/mol. The maximum absolute atomic E-state index is 15.2. The lowest BCUT2D eigenvalue weighted by molar-refractivity contribution is -0.107. The van der Waals surface area contributed by atoms with Gasteiger partial charge in [-0.1, -0.05) is 18.2 Å². The van der Waals surface area contributed by atoms with Gasteiger partial charge in [-0.2, -0.15) is 10.2 Å². The molecule has 2 aliphatic rings. The number of carbonyl (C=O) groups excluding carboxylic acids is 2. The van der Waals surface area contributed by atoms with Gasteiger partial charge in [0.25, 0.3) is 0 Å². The minimum atomic E-state index is -0.529. The van der Waals surface area contributed by atoms with Gasteiger partial charge in [-0.3, -0.25) is 9.69 Å². The van der Waals surface area contributed by atoms with Crippen molar-refractivity contribution in [3.05, 3.63) is 41.7 Å². The van der Waals surface area contributed by atoms with Gasteiger partial charge in [0.15, 0.2) is 5.82 Å². The fourth-order valence-corrected chi connectivity index (χ4v) is 3.37.